The van der Waals surface area contributed by atoms with Crippen molar-refractivity contribution in [2.75, 3.05) is 19.6 Å². The number of nitrogens with one attached hydrogen (secondary N) is 1. The first-order valence-corrected chi connectivity index (χ1v) is 9.58. The SMILES string of the molecule is I.NC(=O)CC1CCCN(C(=NCc2ccccc2)NCCc2ccco2)C1. The van der Waals surface area contributed by atoms with Crippen LogP contribution in [0.4, 0.5) is 0 Å². The Kier molecular flexibility index (Phi) is 9.33. The molecule has 2 heterocycles. The van der Waals surface area contributed by atoms with E-state index in [2.05, 4.69) is 22.3 Å². The maximum atomic E-state index is 11.3. The molecule has 7 heteroatoms. The van der Waals surface area contributed by atoms with E-state index in [9.17, 15) is 4.79 Å². The van der Waals surface area contributed by atoms with Crippen molar-refractivity contribution in [2.45, 2.75) is 32.2 Å². The van der Waals surface area contributed by atoms with Crippen molar-refractivity contribution in [3.05, 3.63) is 60.1 Å². The molecule has 1 saturated heterocycles. The summed E-state index contributed by atoms with van der Waals surface area (Å²) in [6.45, 7) is 3.12. The predicted octanol–water partition coefficient (Wildman–Crippen LogP) is 3.17. The lowest BCUT2D eigenvalue weighted by molar-refractivity contribution is -0.119. The lowest BCUT2D eigenvalue weighted by Gasteiger charge is -2.34. The summed E-state index contributed by atoms with van der Waals surface area (Å²) < 4.78 is 5.41. The second-order valence-electron chi connectivity index (χ2n) is 7.01. The number of aliphatic imine (C=N–C) groups is 1. The molecule has 1 fully saturated rings. The van der Waals surface area contributed by atoms with Gasteiger partial charge in [-0.3, -0.25) is 4.79 Å². The molecule has 0 bridgehead atoms. The fourth-order valence-electron chi connectivity index (χ4n) is 3.48. The number of guanidine groups is 1. The highest BCUT2D eigenvalue weighted by Gasteiger charge is 2.23. The van der Waals surface area contributed by atoms with Gasteiger partial charge >= 0.3 is 0 Å². The van der Waals surface area contributed by atoms with E-state index in [4.69, 9.17) is 15.1 Å². The van der Waals surface area contributed by atoms with Gasteiger partial charge in [-0.15, -0.1) is 24.0 Å². The van der Waals surface area contributed by atoms with Crippen LogP contribution in [0.1, 0.15) is 30.6 Å². The van der Waals surface area contributed by atoms with Crippen molar-refractivity contribution < 1.29 is 9.21 Å². The normalized spacial score (nSPS) is 17.1. The maximum Gasteiger partial charge on any atom is 0.217 e. The zero-order valence-electron chi connectivity index (χ0n) is 16.0. The summed E-state index contributed by atoms with van der Waals surface area (Å²) in [5.74, 6) is 1.91. The molecule has 0 spiro atoms. The summed E-state index contributed by atoms with van der Waals surface area (Å²) >= 11 is 0. The van der Waals surface area contributed by atoms with Gasteiger partial charge in [-0.1, -0.05) is 30.3 Å². The van der Waals surface area contributed by atoms with Crippen LogP contribution in [0.25, 0.3) is 0 Å². The lowest BCUT2D eigenvalue weighted by atomic mass is 9.95. The van der Waals surface area contributed by atoms with Gasteiger partial charge in [0.15, 0.2) is 5.96 Å². The van der Waals surface area contributed by atoms with Gasteiger partial charge in [0, 0.05) is 32.5 Å². The summed E-state index contributed by atoms with van der Waals surface area (Å²) in [6, 6.07) is 14.1. The van der Waals surface area contributed by atoms with Crippen LogP contribution < -0.4 is 11.1 Å². The number of benzene rings is 1. The molecule has 1 atom stereocenters. The Morgan fingerprint density at radius 1 is 1.25 bits per heavy atom. The summed E-state index contributed by atoms with van der Waals surface area (Å²) in [7, 11) is 0. The largest absolute Gasteiger partial charge is 0.469 e. The van der Waals surface area contributed by atoms with Gasteiger partial charge in [-0.05, 0) is 36.5 Å². The summed E-state index contributed by atoms with van der Waals surface area (Å²) in [5.41, 5.74) is 6.57. The van der Waals surface area contributed by atoms with Gasteiger partial charge in [0.25, 0.3) is 0 Å². The lowest BCUT2D eigenvalue weighted by Crippen LogP contribution is -2.47. The number of rotatable bonds is 7. The number of primary amides is 1. The van der Waals surface area contributed by atoms with Crippen LogP contribution in [0, 0.1) is 5.92 Å². The van der Waals surface area contributed by atoms with E-state index in [0.29, 0.717) is 18.9 Å². The van der Waals surface area contributed by atoms with Crippen LogP contribution in [0.3, 0.4) is 0 Å². The van der Waals surface area contributed by atoms with E-state index in [1.54, 1.807) is 6.26 Å². The third-order valence-electron chi connectivity index (χ3n) is 4.80. The molecular formula is C21H29IN4O2. The van der Waals surface area contributed by atoms with Crippen LogP contribution in [0.5, 0.6) is 0 Å². The molecule has 28 heavy (non-hydrogen) atoms. The average molecular weight is 496 g/mol. The highest BCUT2D eigenvalue weighted by atomic mass is 127. The number of hydrogen-bond acceptors (Lipinski definition) is 3. The Bertz CT molecular complexity index is 734. The van der Waals surface area contributed by atoms with E-state index in [-0.39, 0.29) is 29.9 Å². The Morgan fingerprint density at radius 2 is 2.07 bits per heavy atom. The molecule has 152 valence electrons. The zero-order valence-corrected chi connectivity index (χ0v) is 18.4. The Morgan fingerprint density at radius 3 is 2.79 bits per heavy atom. The average Bonchev–Trinajstić information content (AvgIpc) is 3.18. The number of carbonyl (C=O) groups excluding carboxylic acids is 1. The zero-order chi connectivity index (χ0) is 18.9. The minimum atomic E-state index is -0.226. The summed E-state index contributed by atoms with van der Waals surface area (Å²) in [6.07, 6.45) is 5.02. The maximum absolute atomic E-state index is 11.3. The van der Waals surface area contributed by atoms with Gasteiger partial charge in [-0.2, -0.15) is 0 Å². The first kappa shape index (κ1) is 22.3. The Hall–Kier alpha value is -2.03. The Balaban J connectivity index is 0.00000280. The smallest absolute Gasteiger partial charge is 0.217 e. The molecule has 1 aromatic heterocycles. The molecule has 2 aromatic rings. The fourth-order valence-corrected chi connectivity index (χ4v) is 3.48. The molecular weight excluding hydrogens is 467 g/mol. The molecule has 1 aliphatic heterocycles. The molecule has 1 amide bonds. The molecule has 0 saturated carbocycles. The highest BCUT2D eigenvalue weighted by molar-refractivity contribution is 14.0. The number of nitrogens with two attached hydrogens (primary N) is 1. The van der Waals surface area contributed by atoms with Crippen LogP contribution in [-0.2, 0) is 17.8 Å². The van der Waals surface area contributed by atoms with E-state index < -0.39 is 0 Å². The standard InChI is InChI=1S/C21H28N4O2.HI/c22-20(26)14-18-8-4-12-25(16-18)21(23-11-10-19-9-5-13-27-19)24-15-17-6-2-1-3-7-17;/h1-3,5-7,9,13,18H,4,8,10-12,14-16H2,(H2,22,26)(H,23,24);1H. The van der Waals surface area contributed by atoms with Crippen molar-refractivity contribution in [1.29, 1.82) is 0 Å². The van der Waals surface area contributed by atoms with Crippen LogP contribution in [0.2, 0.25) is 0 Å². The number of halogens is 1. The molecule has 6 nitrogen and oxygen atoms in total. The van der Waals surface area contributed by atoms with Crippen LogP contribution in [-0.4, -0.2) is 36.4 Å². The highest BCUT2D eigenvalue weighted by Crippen LogP contribution is 2.19. The van der Waals surface area contributed by atoms with E-state index in [1.807, 2.05) is 30.3 Å². The number of carbonyl (C=O) groups is 1. The molecule has 3 N–H and O–H groups in total. The molecule has 1 aliphatic rings. The molecule has 1 aromatic carbocycles. The Labute approximate surface area is 183 Å². The number of nitrogens with zero attached hydrogens (tertiary/aromatic N) is 2. The first-order valence-electron chi connectivity index (χ1n) is 9.58. The molecule has 0 aliphatic carbocycles. The number of likely N-dealkylation sites (tertiary alicyclic amines) is 1. The van der Waals surface area contributed by atoms with Crippen LogP contribution >= 0.6 is 24.0 Å². The van der Waals surface area contributed by atoms with Gasteiger partial charge in [0.1, 0.15) is 5.76 Å². The molecule has 3 rings (SSSR count). The monoisotopic (exact) mass is 496 g/mol. The van der Waals surface area contributed by atoms with Crippen molar-refractivity contribution in [2.24, 2.45) is 16.6 Å². The fraction of sp³-hybridized carbons (Fsp3) is 0.429. The van der Waals surface area contributed by atoms with Crippen molar-refractivity contribution in [1.82, 2.24) is 10.2 Å². The van der Waals surface area contributed by atoms with Gasteiger partial charge in [0.05, 0.1) is 12.8 Å². The second-order valence-corrected chi connectivity index (χ2v) is 7.01. The van der Waals surface area contributed by atoms with Gasteiger partial charge in [-0.25, -0.2) is 4.99 Å². The second kappa shape index (κ2) is 11.7. The van der Waals surface area contributed by atoms with E-state index in [1.165, 1.54) is 5.56 Å². The number of hydrogen-bond donors (Lipinski definition) is 2. The number of piperidine rings is 1. The summed E-state index contributed by atoms with van der Waals surface area (Å²) in [4.78, 5) is 18.4. The van der Waals surface area contributed by atoms with E-state index >= 15 is 0 Å². The first-order chi connectivity index (χ1) is 13.2. The van der Waals surface area contributed by atoms with Crippen molar-refractivity contribution in [3.8, 4) is 0 Å². The molecule has 1 unspecified atom stereocenters. The molecule has 0 radical (unpaired) electrons. The van der Waals surface area contributed by atoms with E-state index in [0.717, 1.165) is 50.6 Å². The quantitative estimate of drug-likeness (QED) is 0.351. The minimum Gasteiger partial charge on any atom is -0.469 e. The third kappa shape index (κ3) is 7.18. The minimum absolute atomic E-state index is 0. The van der Waals surface area contributed by atoms with Crippen LogP contribution in [0.15, 0.2) is 58.1 Å². The number of furan rings is 1. The van der Waals surface area contributed by atoms with Crippen molar-refractivity contribution >= 4 is 35.8 Å². The van der Waals surface area contributed by atoms with Gasteiger partial charge in [0.2, 0.25) is 5.91 Å². The topological polar surface area (TPSA) is 83.9 Å². The number of amides is 1. The predicted molar refractivity (Wildman–Crippen MR) is 122 cm³/mol. The summed E-state index contributed by atoms with van der Waals surface area (Å²) in [5, 5.41) is 3.47. The third-order valence-corrected chi connectivity index (χ3v) is 4.80. The van der Waals surface area contributed by atoms with Gasteiger partial charge < -0.3 is 20.4 Å². The van der Waals surface area contributed by atoms with Crippen molar-refractivity contribution in [3.63, 3.8) is 0 Å².